The van der Waals surface area contributed by atoms with E-state index in [0.29, 0.717) is 0 Å². The zero-order chi connectivity index (χ0) is 13.6. The third-order valence-electron chi connectivity index (χ3n) is 3.59. The van der Waals surface area contributed by atoms with Crippen LogP contribution in [-0.2, 0) is 18.4 Å². The minimum atomic E-state index is -1.51. The zero-order valence-electron chi connectivity index (χ0n) is 9.96. The molecule has 98 valence electrons. The Morgan fingerprint density at radius 2 is 1.58 bits per heavy atom. The minimum absolute atomic E-state index is 0.160. The molecule has 0 aliphatic heterocycles. The first kappa shape index (κ1) is 12.8. The van der Waals surface area contributed by atoms with Crippen LogP contribution in [0.3, 0.4) is 0 Å². The van der Waals surface area contributed by atoms with E-state index in [1.807, 2.05) is 24.3 Å². The molecule has 19 heavy (non-hydrogen) atoms. The van der Waals surface area contributed by atoms with Crippen LogP contribution in [0, 0.1) is 11.6 Å². The molecule has 1 nitrogen and oxygen atoms in total. The lowest BCUT2D eigenvalue weighted by Crippen LogP contribution is -2.29. The van der Waals surface area contributed by atoms with E-state index < -0.39 is 17.2 Å². The average molecular weight is 325 g/mol. The van der Waals surface area contributed by atoms with Crippen molar-refractivity contribution in [2.75, 3.05) is 0 Å². The van der Waals surface area contributed by atoms with Gasteiger partial charge in [0, 0.05) is 12.8 Å². The summed E-state index contributed by atoms with van der Waals surface area (Å²) in [5.41, 5.74) is 0.104. The van der Waals surface area contributed by atoms with Crippen LogP contribution in [-0.4, -0.2) is 5.11 Å². The van der Waals surface area contributed by atoms with Gasteiger partial charge in [0.2, 0.25) is 0 Å². The molecule has 1 N–H and O–H groups in total. The Bertz CT molecular complexity index is 630. The van der Waals surface area contributed by atoms with Crippen molar-refractivity contribution in [3.8, 4) is 0 Å². The summed E-state index contributed by atoms with van der Waals surface area (Å²) in [7, 11) is 0. The van der Waals surface area contributed by atoms with Crippen molar-refractivity contribution in [2.24, 2.45) is 0 Å². The molecule has 0 amide bonds. The maximum Gasteiger partial charge on any atom is 0.146 e. The van der Waals surface area contributed by atoms with Crippen LogP contribution >= 0.6 is 15.9 Å². The minimum Gasteiger partial charge on any atom is -0.384 e. The number of aliphatic hydroxyl groups is 1. The van der Waals surface area contributed by atoms with Gasteiger partial charge in [-0.1, -0.05) is 24.3 Å². The van der Waals surface area contributed by atoms with E-state index in [4.69, 9.17) is 0 Å². The Labute approximate surface area is 118 Å². The standard InChI is InChI=1S/C15H11BrF2O/c16-11-5-6-12(17)13(14(11)18)15(19)7-9-3-1-2-4-10(9)8-15/h1-6,19H,7-8H2. The fourth-order valence-electron chi connectivity index (χ4n) is 2.73. The molecule has 2 aromatic rings. The first-order valence-electron chi connectivity index (χ1n) is 5.94. The smallest absolute Gasteiger partial charge is 0.146 e. The molecule has 1 aliphatic rings. The molecule has 2 aromatic carbocycles. The Kier molecular flexibility index (Phi) is 2.95. The highest BCUT2D eigenvalue weighted by atomic mass is 79.9. The molecule has 0 heterocycles. The fourth-order valence-corrected chi connectivity index (χ4v) is 3.06. The van der Waals surface area contributed by atoms with E-state index in [0.717, 1.165) is 11.1 Å². The third kappa shape index (κ3) is 1.99. The normalized spacial score (nSPS) is 16.4. The molecule has 0 aromatic heterocycles. The van der Waals surface area contributed by atoms with Crippen LogP contribution in [0.1, 0.15) is 16.7 Å². The maximum absolute atomic E-state index is 14.1. The maximum atomic E-state index is 14.1. The first-order valence-corrected chi connectivity index (χ1v) is 6.74. The van der Waals surface area contributed by atoms with Gasteiger partial charge in [0.05, 0.1) is 10.0 Å². The second-order valence-corrected chi connectivity index (χ2v) is 5.73. The van der Waals surface area contributed by atoms with Gasteiger partial charge in [0.1, 0.15) is 17.2 Å². The molecular formula is C15H11BrF2O. The number of hydrogen-bond acceptors (Lipinski definition) is 1. The van der Waals surface area contributed by atoms with Gasteiger partial charge < -0.3 is 5.11 Å². The first-order chi connectivity index (χ1) is 9.01. The van der Waals surface area contributed by atoms with Crippen molar-refractivity contribution >= 4 is 15.9 Å². The molecule has 0 saturated carbocycles. The van der Waals surface area contributed by atoms with Crippen molar-refractivity contribution in [3.63, 3.8) is 0 Å². The van der Waals surface area contributed by atoms with Gasteiger partial charge in [-0.25, -0.2) is 8.78 Å². The largest absolute Gasteiger partial charge is 0.384 e. The summed E-state index contributed by atoms with van der Waals surface area (Å²) in [6, 6.07) is 9.95. The molecular weight excluding hydrogens is 314 g/mol. The molecule has 0 spiro atoms. The predicted molar refractivity (Wildman–Crippen MR) is 71.8 cm³/mol. The summed E-state index contributed by atoms with van der Waals surface area (Å²) in [6.07, 6.45) is 0.459. The number of benzene rings is 2. The Balaban J connectivity index is 2.12. The zero-order valence-corrected chi connectivity index (χ0v) is 11.5. The van der Waals surface area contributed by atoms with Crippen LogP contribution in [0.15, 0.2) is 40.9 Å². The SMILES string of the molecule is OC1(c2c(F)ccc(Br)c2F)Cc2ccccc2C1. The van der Waals surface area contributed by atoms with Crippen LogP contribution in [0.4, 0.5) is 8.78 Å². The van der Waals surface area contributed by atoms with Crippen LogP contribution in [0.5, 0.6) is 0 Å². The van der Waals surface area contributed by atoms with Gasteiger partial charge in [-0.05, 0) is 39.2 Å². The van der Waals surface area contributed by atoms with E-state index >= 15 is 0 Å². The number of hydrogen-bond donors (Lipinski definition) is 1. The van der Waals surface area contributed by atoms with Crippen LogP contribution < -0.4 is 0 Å². The lowest BCUT2D eigenvalue weighted by molar-refractivity contribution is 0.0404. The van der Waals surface area contributed by atoms with Crippen molar-refractivity contribution in [1.29, 1.82) is 0 Å². The van der Waals surface area contributed by atoms with Crippen molar-refractivity contribution in [3.05, 3.63) is 69.2 Å². The van der Waals surface area contributed by atoms with Crippen molar-refractivity contribution < 1.29 is 13.9 Å². The highest BCUT2D eigenvalue weighted by Crippen LogP contribution is 2.41. The van der Waals surface area contributed by atoms with Gasteiger partial charge in [0.15, 0.2) is 0 Å². The quantitative estimate of drug-likeness (QED) is 0.793. The molecule has 0 unspecified atom stereocenters. The molecule has 1 aliphatic carbocycles. The van der Waals surface area contributed by atoms with Gasteiger partial charge >= 0.3 is 0 Å². The van der Waals surface area contributed by atoms with E-state index in [2.05, 4.69) is 15.9 Å². The summed E-state index contributed by atoms with van der Waals surface area (Å²) in [5.74, 6) is -1.44. The number of fused-ring (bicyclic) bond motifs is 1. The highest BCUT2D eigenvalue weighted by molar-refractivity contribution is 9.10. The molecule has 0 fully saturated rings. The topological polar surface area (TPSA) is 20.2 Å². The number of rotatable bonds is 1. The Morgan fingerprint density at radius 1 is 1.00 bits per heavy atom. The van der Waals surface area contributed by atoms with Crippen molar-refractivity contribution in [1.82, 2.24) is 0 Å². The van der Waals surface area contributed by atoms with Crippen LogP contribution in [0.25, 0.3) is 0 Å². The molecule has 0 bridgehead atoms. The summed E-state index contributed by atoms with van der Waals surface area (Å²) in [6.45, 7) is 0. The lowest BCUT2D eigenvalue weighted by Gasteiger charge is -2.24. The second-order valence-electron chi connectivity index (χ2n) is 4.87. The predicted octanol–water partition coefficient (Wildman–Crippen LogP) is 3.71. The van der Waals surface area contributed by atoms with Crippen molar-refractivity contribution in [2.45, 2.75) is 18.4 Å². The van der Waals surface area contributed by atoms with E-state index in [1.54, 1.807) is 0 Å². The van der Waals surface area contributed by atoms with E-state index in [1.165, 1.54) is 12.1 Å². The Morgan fingerprint density at radius 3 is 2.16 bits per heavy atom. The fraction of sp³-hybridized carbons (Fsp3) is 0.200. The number of halogens is 3. The second kappa shape index (κ2) is 4.39. The average Bonchev–Trinajstić information content (AvgIpc) is 2.71. The van der Waals surface area contributed by atoms with Crippen LogP contribution in [0.2, 0.25) is 0 Å². The molecule has 4 heteroatoms. The molecule has 0 atom stereocenters. The molecule has 3 rings (SSSR count). The molecule has 0 radical (unpaired) electrons. The van der Waals surface area contributed by atoms with Gasteiger partial charge in [-0.2, -0.15) is 0 Å². The summed E-state index contributed by atoms with van der Waals surface area (Å²) < 4.78 is 28.2. The summed E-state index contributed by atoms with van der Waals surface area (Å²) in [5, 5.41) is 10.7. The van der Waals surface area contributed by atoms with Gasteiger partial charge in [0.25, 0.3) is 0 Å². The Hall–Kier alpha value is -1.26. The third-order valence-corrected chi connectivity index (χ3v) is 4.21. The van der Waals surface area contributed by atoms with Gasteiger partial charge in [-0.3, -0.25) is 0 Å². The molecule has 0 saturated heterocycles. The monoisotopic (exact) mass is 324 g/mol. The lowest BCUT2D eigenvalue weighted by atomic mass is 9.90. The van der Waals surface area contributed by atoms with E-state index in [9.17, 15) is 13.9 Å². The summed E-state index contributed by atoms with van der Waals surface area (Å²) >= 11 is 3.03. The highest BCUT2D eigenvalue weighted by Gasteiger charge is 2.41. The van der Waals surface area contributed by atoms with E-state index in [-0.39, 0.29) is 22.9 Å². The van der Waals surface area contributed by atoms with Gasteiger partial charge in [-0.15, -0.1) is 0 Å². The summed E-state index contributed by atoms with van der Waals surface area (Å²) in [4.78, 5) is 0.